The van der Waals surface area contributed by atoms with Gasteiger partial charge in [-0.05, 0) is 52.7 Å². The lowest BCUT2D eigenvalue weighted by Gasteiger charge is -2.29. The van der Waals surface area contributed by atoms with Crippen molar-refractivity contribution in [3.05, 3.63) is 0 Å². The van der Waals surface area contributed by atoms with Gasteiger partial charge in [0.2, 0.25) is 0 Å². The molecule has 1 aliphatic heterocycles. The van der Waals surface area contributed by atoms with Gasteiger partial charge in [0.15, 0.2) is 0 Å². The van der Waals surface area contributed by atoms with Crippen LogP contribution in [0.15, 0.2) is 0 Å². The normalized spacial score (nSPS) is 29.2. The molecule has 0 spiro atoms. The number of aliphatic hydroxyl groups excluding tert-OH is 1. The van der Waals surface area contributed by atoms with Crippen LogP contribution < -0.4 is 5.32 Å². The predicted molar refractivity (Wildman–Crippen MR) is 74.8 cm³/mol. The van der Waals surface area contributed by atoms with E-state index in [2.05, 4.69) is 29.1 Å². The van der Waals surface area contributed by atoms with Gasteiger partial charge in [-0.1, -0.05) is 0 Å². The van der Waals surface area contributed by atoms with Gasteiger partial charge in [0.05, 0.1) is 6.61 Å². The zero-order valence-corrected chi connectivity index (χ0v) is 11.9. The zero-order chi connectivity index (χ0) is 13.0. The third-order valence-electron chi connectivity index (χ3n) is 4.22. The minimum atomic E-state index is 0.276. The van der Waals surface area contributed by atoms with Crippen LogP contribution in [0.1, 0.15) is 32.6 Å². The molecule has 2 aliphatic rings. The fraction of sp³-hybridized carbons (Fsp3) is 1.00. The fourth-order valence-corrected chi connectivity index (χ4v) is 2.89. The summed E-state index contributed by atoms with van der Waals surface area (Å²) in [7, 11) is 2.21. The molecule has 4 heteroatoms. The highest BCUT2D eigenvalue weighted by Gasteiger charge is 2.25. The van der Waals surface area contributed by atoms with E-state index in [-0.39, 0.29) is 6.61 Å². The van der Waals surface area contributed by atoms with Crippen molar-refractivity contribution in [3.63, 3.8) is 0 Å². The molecule has 0 aromatic rings. The second-order valence-corrected chi connectivity index (χ2v) is 6.11. The molecular formula is C14H29N3O. The maximum atomic E-state index is 9.41. The van der Waals surface area contributed by atoms with E-state index in [9.17, 15) is 5.11 Å². The van der Waals surface area contributed by atoms with Gasteiger partial charge in [0.1, 0.15) is 0 Å². The van der Waals surface area contributed by atoms with Crippen LogP contribution in [0.4, 0.5) is 0 Å². The molecule has 18 heavy (non-hydrogen) atoms. The van der Waals surface area contributed by atoms with Crippen molar-refractivity contribution in [1.82, 2.24) is 15.1 Å². The number of hydrogen-bond donors (Lipinski definition) is 2. The summed E-state index contributed by atoms with van der Waals surface area (Å²) >= 11 is 0. The Hall–Kier alpha value is -0.160. The van der Waals surface area contributed by atoms with Gasteiger partial charge in [-0.3, -0.25) is 4.90 Å². The zero-order valence-electron chi connectivity index (χ0n) is 11.9. The first-order chi connectivity index (χ1) is 8.69. The molecule has 106 valence electrons. The third kappa shape index (κ3) is 4.50. The van der Waals surface area contributed by atoms with Crippen molar-refractivity contribution in [1.29, 1.82) is 0 Å². The van der Waals surface area contributed by atoms with Crippen molar-refractivity contribution in [2.75, 3.05) is 39.8 Å². The average molecular weight is 255 g/mol. The first kappa shape index (κ1) is 14.3. The summed E-state index contributed by atoms with van der Waals surface area (Å²) in [5.74, 6) is 0. The van der Waals surface area contributed by atoms with Gasteiger partial charge in [0, 0.05) is 31.2 Å². The molecule has 2 unspecified atom stereocenters. The highest BCUT2D eigenvalue weighted by molar-refractivity contribution is 4.85. The Kier molecular flexibility index (Phi) is 5.42. The summed E-state index contributed by atoms with van der Waals surface area (Å²) in [4.78, 5) is 5.01. The average Bonchev–Trinajstić information content (AvgIpc) is 3.15. The Morgan fingerprint density at radius 3 is 2.78 bits per heavy atom. The number of aliphatic hydroxyl groups is 1. The molecule has 1 heterocycles. The summed E-state index contributed by atoms with van der Waals surface area (Å²) in [5.41, 5.74) is 0. The number of rotatable bonds is 6. The van der Waals surface area contributed by atoms with Gasteiger partial charge in [-0.25, -0.2) is 0 Å². The minimum absolute atomic E-state index is 0.276. The van der Waals surface area contributed by atoms with Crippen molar-refractivity contribution in [2.45, 2.75) is 50.7 Å². The molecule has 0 amide bonds. The molecule has 1 saturated heterocycles. The first-order valence-electron chi connectivity index (χ1n) is 7.48. The van der Waals surface area contributed by atoms with Crippen molar-refractivity contribution in [3.8, 4) is 0 Å². The lowest BCUT2D eigenvalue weighted by atomic mass is 10.1. The van der Waals surface area contributed by atoms with Crippen molar-refractivity contribution in [2.24, 2.45) is 0 Å². The standard InChI is InChI=1S/C14H29N3O/c1-12-10-16(2)7-3-8-17(12)9-6-14(11-18)15-13-4-5-13/h12-15,18H,3-11H2,1-2H3. The third-order valence-corrected chi connectivity index (χ3v) is 4.22. The summed E-state index contributed by atoms with van der Waals surface area (Å²) in [6.45, 7) is 7.29. The molecule has 2 rings (SSSR count). The summed E-state index contributed by atoms with van der Waals surface area (Å²) in [6, 6.07) is 1.62. The van der Waals surface area contributed by atoms with Crippen LogP contribution in [0.2, 0.25) is 0 Å². The molecule has 2 atom stereocenters. The van der Waals surface area contributed by atoms with Gasteiger partial charge < -0.3 is 15.3 Å². The van der Waals surface area contributed by atoms with E-state index in [0.29, 0.717) is 18.1 Å². The Bertz CT molecular complexity index is 245. The highest BCUT2D eigenvalue weighted by atomic mass is 16.3. The van der Waals surface area contributed by atoms with Crippen LogP contribution >= 0.6 is 0 Å². The lowest BCUT2D eigenvalue weighted by molar-refractivity contribution is 0.173. The molecule has 0 aromatic carbocycles. The van der Waals surface area contributed by atoms with Gasteiger partial charge in [0.25, 0.3) is 0 Å². The molecular weight excluding hydrogens is 226 g/mol. The molecule has 2 fully saturated rings. The number of likely N-dealkylation sites (N-methyl/N-ethyl adjacent to an activating group) is 1. The molecule has 0 bridgehead atoms. The van der Waals surface area contributed by atoms with Gasteiger partial charge >= 0.3 is 0 Å². The molecule has 1 saturated carbocycles. The number of nitrogens with zero attached hydrogens (tertiary/aromatic N) is 2. The van der Waals surface area contributed by atoms with Crippen LogP contribution in [0.3, 0.4) is 0 Å². The van der Waals surface area contributed by atoms with Crippen molar-refractivity contribution >= 4 is 0 Å². The summed E-state index contributed by atoms with van der Waals surface area (Å²) in [5, 5.41) is 12.9. The topological polar surface area (TPSA) is 38.7 Å². The van der Waals surface area contributed by atoms with E-state index in [0.717, 1.165) is 13.0 Å². The highest BCUT2D eigenvalue weighted by Crippen LogP contribution is 2.20. The predicted octanol–water partition coefficient (Wildman–Crippen LogP) is 0.515. The Morgan fingerprint density at radius 2 is 2.11 bits per heavy atom. The van der Waals surface area contributed by atoms with Crippen LogP contribution in [-0.2, 0) is 0 Å². The van der Waals surface area contributed by atoms with Crippen molar-refractivity contribution < 1.29 is 5.11 Å². The van der Waals surface area contributed by atoms with E-state index in [1.807, 2.05) is 0 Å². The monoisotopic (exact) mass is 255 g/mol. The molecule has 1 aliphatic carbocycles. The molecule has 0 radical (unpaired) electrons. The Balaban J connectivity index is 1.72. The quantitative estimate of drug-likeness (QED) is 0.726. The number of nitrogens with one attached hydrogen (secondary N) is 1. The summed E-state index contributed by atoms with van der Waals surface area (Å²) < 4.78 is 0. The largest absolute Gasteiger partial charge is 0.395 e. The second kappa shape index (κ2) is 6.85. The maximum absolute atomic E-state index is 9.41. The molecule has 0 aromatic heterocycles. The lowest BCUT2D eigenvalue weighted by Crippen LogP contribution is -2.42. The van der Waals surface area contributed by atoms with Crippen LogP contribution in [0.5, 0.6) is 0 Å². The first-order valence-corrected chi connectivity index (χ1v) is 7.48. The number of hydrogen-bond acceptors (Lipinski definition) is 4. The smallest absolute Gasteiger partial charge is 0.0585 e. The van der Waals surface area contributed by atoms with E-state index >= 15 is 0 Å². The Morgan fingerprint density at radius 1 is 1.33 bits per heavy atom. The minimum Gasteiger partial charge on any atom is -0.395 e. The van der Waals surface area contributed by atoms with Gasteiger partial charge in [-0.2, -0.15) is 0 Å². The van der Waals surface area contributed by atoms with Crippen LogP contribution in [-0.4, -0.2) is 72.9 Å². The SMILES string of the molecule is CC1CN(C)CCCN1CCC(CO)NC1CC1. The molecule has 2 N–H and O–H groups in total. The summed E-state index contributed by atoms with van der Waals surface area (Å²) in [6.07, 6.45) is 4.92. The van der Waals surface area contributed by atoms with E-state index in [1.165, 1.54) is 38.9 Å². The van der Waals surface area contributed by atoms with Crippen LogP contribution in [0.25, 0.3) is 0 Å². The maximum Gasteiger partial charge on any atom is 0.0585 e. The van der Waals surface area contributed by atoms with E-state index in [4.69, 9.17) is 0 Å². The van der Waals surface area contributed by atoms with Crippen LogP contribution in [0, 0.1) is 0 Å². The van der Waals surface area contributed by atoms with E-state index < -0.39 is 0 Å². The Labute approximate surface area is 111 Å². The fourth-order valence-electron chi connectivity index (χ4n) is 2.89. The molecule has 4 nitrogen and oxygen atoms in total. The second-order valence-electron chi connectivity index (χ2n) is 6.11. The van der Waals surface area contributed by atoms with Gasteiger partial charge in [-0.15, -0.1) is 0 Å². The van der Waals surface area contributed by atoms with E-state index in [1.54, 1.807) is 0 Å².